The molecule has 5 atom stereocenters. The number of methoxy groups -OCH3 is 1. The minimum atomic E-state index is -4.36. The maximum Gasteiger partial charge on any atom is 0.408 e. The molecule has 2 saturated carbocycles. The van der Waals surface area contributed by atoms with Crippen LogP contribution in [0.15, 0.2) is 36.4 Å². The number of hydrogen-bond donors (Lipinski definition) is 2. The number of pyridine rings is 1. The first-order chi connectivity index (χ1) is 26.0. The van der Waals surface area contributed by atoms with E-state index >= 15 is 0 Å². The molecule has 2 aromatic rings. The Hall–Kier alpha value is -3.66. The average Bonchev–Trinajstić information content (AvgIpc) is 3.94. The molecule has 5 rings (SSSR count). The molecule has 3 aliphatic rings. The second kappa shape index (κ2) is 16.3. The molecule has 1 aliphatic heterocycles. The van der Waals surface area contributed by atoms with Gasteiger partial charge in [0.15, 0.2) is 0 Å². The van der Waals surface area contributed by atoms with E-state index in [0.29, 0.717) is 59.5 Å². The SMILES string of the molecule is C=C(C[C@]1(C(=O)NS(=O)(=O)OC2(C)CC2)C[C@H]1CC)[C@@H]1C[C@@H](Oc2cc(OCCOC)nc3c(Cl)cccc23)CN1C(=O)[C@@H](NC(=O)OC(C)(C)C)C(C)(C)C. The number of fused-ring (bicyclic) bond motifs is 1. The first-order valence-corrected chi connectivity index (χ1v) is 20.9. The van der Waals surface area contributed by atoms with Crippen LogP contribution in [0, 0.1) is 16.7 Å². The van der Waals surface area contributed by atoms with Gasteiger partial charge in [0.05, 0.1) is 40.7 Å². The van der Waals surface area contributed by atoms with E-state index < -0.39 is 62.5 Å². The van der Waals surface area contributed by atoms with Crippen molar-refractivity contribution in [2.75, 3.05) is 26.9 Å². The summed E-state index contributed by atoms with van der Waals surface area (Å²) >= 11 is 6.57. The highest BCUT2D eigenvalue weighted by atomic mass is 35.5. The summed E-state index contributed by atoms with van der Waals surface area (Å²) in [4.78, 5) is 47.9. The molecule has 2 N–H and O–H groups in total. The first-order valence-electron chi connectivity index (χ1n) is 19.1. The van der Waals surface area contributed by atoms with Gasteiger partial charge in [0.2, 0.25) is 17.7 Å². The van der Waals surface area contributed by atoms with Crippen molar-refractivity contribution in [3.8, 4) is 11.6 Å². The third-order valence-corrected chi connectivity index (χ3v) is 11.9. The third-order valence-electron chi connectivity index (χ3n) is 10.6. The maximum atomic E-state index is 14.8. The van der Waals surface area contributed by atoms with Crippen LogP contribution in [-0.4, -0.2) is 92.5 Å². The van der Waals surface area contributed by atoms with Gasteiger partial charge in [-0.25, -0.2) is 18.7 Å². The summed E-state index contributed by atoms with van der Waals surface area (Å²) in [5.41, 5.74) is -2.39. The highest BCUT2D eigenvalue weighted by Gasteiger charge is 2.60. The van der Waals surface area contributed by atoms with Gasteiger partial charge in [0.25, 0.3) is 0 Å². The Morgan fingerprint density at radius 2 is 1.82 bits per heavy atom. The summed E-state index contributed by atoms with van der Waals surface area (Å²) < 4.78 is 56.5. The number of halogens is 1. The predicted molar refractivity (Wildman–Crippen MR) is 212 cm³/mol. The van der Waals surface area contributed by atoms with Crippen molar-refractivity contribution in [2.24, 2.45) is 16.7 Å². The molecular formula is C40H57ClN4O10S. The first kappa shape index (κ1) is 43.5. The Balaban J connectivity index is 1.47. The lowest BCUT2D eigenvalue weighted by Gasteiger charge is -2.36. The predicted octanol–water partition coefficient (Wildman–Crippen LogP) is 6.49. The summed E-state index contributed by atoms with van der Waals surface area (Å²) in [6.45, 7) is 19.5. The summed E-state index contributed by atoms with van der Waals surface area (Å²) in [5, 5.41) is 3.84. The molecule has 14 nitrogen and oxygen atoms in total. The fourth-order valence-corrected chi connectivity index (χ4v) is 8.65. The zero-order valence-electron chi connectivity index (χ0n) is 34.0. The Kier molecular flexibility index (Phi) is 12.7. The number of nitrogens with one attached hydrogen (secondary N) is 2. The number of benzene rings is 1. The number of aromatic nitrogens is 1. The van der Waals surface area contributed by atoms with Gasteiger partial charge in [-0.15, -0.1) is 0 Å². The van der Waals surface area contributed by atoms with Crippen molar-refractivity contribution in [2.45, 2.75) is 123 Å². The Labute approximate surface area is 335 Å². The van der Waals surface area contributed by atoms with Crippen LogP contribution in [0.3, 0.4) is 0 Å². The van der Waals surface area contributed by atoms with E-state index in [0.717, 1.165) is 0 Å². The smallest absolute Gasteiger partial charge is 0.408 e. The summed E-state index contributed by atoms with van der Waals surface area (Å²) in [7, 11) is -2.79. The van der Waals surface area contributed by atoms with Crippen molar-refractivity contribution in [3.05, 3.63) is 41.4 Å². The number of rotatable bonds is 16. The van der Waals surface area contributed by atoms with Crippen LogP contribution >= 0.6 is 11.6 Å². The molecule has 310 valence electrons. The number of likely N-dealkylation sites (tertiary alicyclic amines) is 1. The molecule has 56 heavy (non-hydrogen) atoms. The molecule has 1 aromatic heterocycles. The number of alkyl carbamates (subject to hydrolysis) is 1. The standard InChI is InChI=1S/C40H57ClN4O10S/c1-11-25-22-40(25,35(47)44-56(49,50)55-39(9)15-16-39)21-24(2)29-19-26(23-45(29)34(46)33(37(3,4)5)43-36(48)54-38(6,7)8)53-30-20-31(52-18-17-51-10)42-32-27(30)13-12-14-28(32)41/h12-14,20,25-26,29,33H,2,11,15-19,21-23H2,1,3-10H3,(H,43,48)(H,44,47)/t25-,26-,29+,33-,40+/m1/s1. The van der Waals surface area contributed by atoms with Gasteiger partial charge in [-0.2, -0.15) is 8.42 Å². The van der Waals surface area contributed by atoms with Crippen LogP contribution < -0.4 is 19.5 Å². The lowest BCUT2D eigenvalue weighted by atomic mass is 9.85. The van der Waals surface area contributed by atoms with Gasteiger partial charge in [-0.1, -0.05) is 63.9 Å². The Bertz CT molecular complexity index is 1940. The van der Waals surface area contributed by atoms with E-state index in [2.05, 4.69) is 21.6 Å². The quantitative estimate of drug-likeness (QED) is 0.140. The summed E-state index contributed by atoms with van der Waals surface area (Å²) in [6.07, 6.45) is 1.33. The van der Waals surface area contributed by atoms with Crippen LogP contribution in [-0.2, 0) is 33.6 Å². The van der Waals surface area contributed by atoms with Gasteiger partial charge in [0, 0.05) is 25.0 Å². The zero-order chi connectivity index (χ0) is 41.4. The van der Waals surface area contributed by atoms with Crippen LogP contribution in [0.25, 0.3) is 10.9 Å². The van der Waals surface area contributed by atoms with Gasteiger partial charge in [0.1, 0.15) is 30.1 Å². The fourth-order valence-electron chi connectivity index (χ4n) is 7.27. The molecule has 3 fully saturated rings. The van der Waals surface area contributed by atoms with Crippen LogP contribution in [0.4, 0.5) is 4.79 Å². The van der Waals surface area contributed by atoms with Gasteiger partial charge >= 0.3 is 16.4 Å². The largest absolute Gasteiger partial charge is 0.488 e. The lowest BCUT2D eigenvalue weighted by molar-refractivity contribution is -0.136. The van der Waals surface area contributed by atoms with Crippen LogP contribution in [0.2, 0.25) is 5.02 Å². The highest BCUT2D eigenvalue weighted by molar-refractivity contribution is 7.85. The Morgan fingerprint density at radius 3 is 2.41 bits per heavy atom. The van der Waals surface area contributed by atoms with E-state index in [9.17, 15) is 22.8 Å². The zero-order valence-corrected chi connectivity index (χ0v) is 35.5. The van der Waals surface area contributed by atoms with Crippen molar-refractivity contribution >= 4 is 50.7 Å². The van der Waals surface area contributed by atoms with Gasteiger partial charge in [-0.05, 0) is 76.8 Å². The highest BCUT2D eigenvalue weighted by Crippen LogP contribution is 2.59. The molecule has 1 saturated heterocycles. The number of carbonyl (C=O) groups excluding carboxylic acids is 3. The van der Waals surface area contributed by atoms with Gasteiger partial charge < -0.3 is 29.2 Å². The average molecular weight is 821 g/mol. The summed E-state index contributed by atoms with van der Waals surface area (Å²) in [6, 6.07) is 5.35. The normalized spacial score (nSPS) is 23.6. The van der Waals surface area contributed by atoms with Gasteiger partial charge in [-0.3, -0.25) is 9.59 Å². The number of nitrogens with zero attached hydrogens (tertiary/aromatic N) is 2. The number of ether oxygens (including phenoxy) is 4. The molecular weight excluding hydrogens is 764 g/mol. The number of amides is 3. The molecule has 16 heteroatoms. The third kappa shape index (κ3) is 10.4. The monoisotopic (exact) mass is 820 g/mol. The van der Waals surface area contributed by atoms with E-state index in [-0.39, 0.29) is 43.7 Å². The van der Waals surface area contributed by atoms with Crippen molar-refractivity contribution in [1.29, 1.82) is 0 Å². The molecule has 0 spiro atoms. The molecule has 2 aliphatic carbocycles. The lowest BCUT2D eigenvalue weighted by Crippen LogP contribution is -2.56. The van der Waals surface area contributed by atoms with E-state index in [1.165, 1.54) is 0 Å². The van der Waals surface area contributed by atoms with Crippen LogP contribution in [0.5, 0.6) is 11.6 Å². The fraction of sp³-hybridized carbons (Fsp3) is 0.650. The van der Waals surface area contributed by atoms with E-state index in [1.807, 2.05) is 33.8 Å². The van der Waals surface area contributed by atoms with Crippen molar-refractivity contribution < 1.29 is 45.9 Å². The number of hydrogen-bond acceptors (Lipinski definition) is 11. The second-order valence-electron chi connectivity index (χ2n) is 17.6. The maximum absolute atomic E-state index is 14.8. The number of carbonyl (C=O) groups is 3. The molecule has 1 aromatic carbocycles. The molecule has 0 bridgehead atoms. The van der Waals surface area contributed by atoms with E-state index in [4.69, 9.17) is 34.7 Å². The van der Waals surface area contributed by atoms with Crippen molar-refractivity contribution in [1.82, 2.24) is 19.9 Å². The molecule has 0 radical (unpaired) electrons. The second-order valence-corrected chi connectivity index (χ2v) is 19.3. The minimum absolute atomic E-state index is 0.104. The molecule has 2 heterocycles. The van der Waals surface area contributed by atoms with Crippen LogP contribution in [0.1, 0.15) is 93.9 Å². The molecule has 3 amide bonds. The van der Waals surface area contributed by atoms with E-state index in [1.54, 1.807) is 57.9 Å². The van der Waals surface area contributed by atoms with Crippen molar-refractivity contribution in [3.63, 3.8) is 0 Å². The topological polar surface area (TPSA) is 172 Å². The Morgan fingerprint density at radius 1 is 1.12 bits per heavy atom. The molecule has 0 unspecified atom stereocenters. The summed E-state index contributed by atoms with van der Waals surface area (Å²) in [5.74, 6) is -0.433. The minimum Gasteiger partial charge on any atom is -0.488 e. The number of para-hydroxylation sites is 1.